The van der Waals surface area contributed by atoms with Crippen LogP contribution in [-0.4, -0.2) is 58.2 Å². The van der Waals surface area contributed by atoms with Crippen LogP contribution in [0, 0.1) is 17.0 Å². The highest BCUT2D eigenvalue weighted by molar-refractivity contribution is 5.95. The topological polar surface area (TPSA) is 145 Å². The van der Waals surface area contributed by atoms with Crippen molar-refractivity contribution in [3.05, 3.63) is 58.7 Å². The fraction of sp³-hybridized carbons (Fsp3) is 0.375. The number of carbonyl (C=O) groups is 2. The summed E-state index contributed by atoms with van der Waals surface area (Å²) in [4.78, 5) is 24.9. The molecule has 12 heteroatoms. The van der Waals surface area contributed by atoms with Gasteiger partial charge in [0.25, 0.3) is 11.8 Å². The number of amidine groups is 1. The minimum absolute atomic E-state index is 0.0167. The Kier molecular flexibility index (Phi) is 11.0. The molecule has 0 radical (unpaired) electrons. The SMILES string of the molecule is CCOC(C(=O)NCc1ccc(C(=N)N)cc1OCC(=O)NCCOC)c1c(F)cc(OC)cc1F. The number of hydrogen-bond donors (Lipinski definition) is 4. The van der Waals surface area contributed by atoms with Crippen LogP contribution in [-0.2, 0) is 25.6 Å². The summed E-state index contributed by atoms with van der Waals surface area (Å²) in [6.07, 6.45) is -1.56. The van der Waals surface area contributed by atoms with Crippen LogP contribution in [0.5, 0.6) is 11.5 Å². The maximum Gasteiger partial charge on any atom is 0.258 e. The second kappa shape index (κ2) is 14.0. The molecule has 196 valence electrons. The van der Waals surface area contributed by atoms with E-state index in [0.717, 1.165) is 12.1 Å². The van der Waals surface area contributed by atoms with Crippen molar-refractivity contribution in [3.8, 4) is 11.5 Å². The first-order valence-corrected chi connectivity index (χ1v) is 11.0. The van der Waals surface area contributed by atoms with Gasteiger partial charge in [0.1, 0.15) is 29.0 Å². The molecule has 0 aliphatic rings. The van der Waals surface area contributed by atoms with Crippen molar-refractivity contribution in [2.45, 2.75) is 19.6 Å². The van der Waals surface area contributed by atoms with Crippen molar-refractivity contribution in [3.63, 3.8) is 0 Å². The van der Waals surface area contributed by atoms with Crippen molar-refractivity contribution < 1.29 is 37.3 Å². The maximum atomic E-state index is 14.6. The molecule has 0 saturated heterocycles. The standard InChI is InChI=1S/C24H30F2N4O6/c1-4-35-22(21-17(25)10-16(34-3)11-18(21)26)24(32)30-12-15-6-5-14(23(27)28)9-19(15)36-13-20(31)29-7-8-33-2/h5-6,9-11,22H,4,7-8,12-13H2,1-3H3,(H3,27,28)(H,29,31)(H,30,32). The molecule has 0 aliphatic carbocycles. The van der Waals surface area contributed by atoms with Gasteiger partial charge in [-0.15, -0.1) is 0 Å². The van der Waals surface area contributed by atoms with Gasteiger partial charge in [-0.3, -0.25) is 15.0 Å². The van der Waals surface area contributed by atoms with Gasteiger partial charge in [0, 0.05) is 50.1 Å². The summed E-state index contributed by atoms with van der Waals surface area (Å²) < 4.78 is 49.8. The largest absolute Gasteiger partial charge is 0.497 e. The normalized spacial score (nSPS) is 11.5. The number of nitrogens with one attached hydrogen (secondary N) is 3. The molecule has 0 aliphatic heterocycles. The summed E-state index contributed by atoms with van der Waals surface area (Å²) in [6.45, 7) is 1.77. The molecule has 5 N–H and O–H groups in total. The molecule has 0 fully saturated rings. The van der Waals surface area contributed by atoms with Crippen LogP contribution >= 0.6 is 0 Å². The number of ether oxygens (including phenoxy) is 4. The van der Waals surface area contributed by atoms with Crippen LogP contribution < -0.4 is 25.8 Å². The zero-order chi connectivity index (χ0) is 26.7. The van der Waals surface area contributed by atoms with Gasteiger partial charge in [-0.2, -0.15) is 0 Å². The number of amides is 2. The molecule has 0 aromatic heterocycles. The van der Waals surface area contributed by atoms with Gasteiger partial charge in [0.15, 0.2) is 12.7 Å². The average Bonchev–Trinajstić information content (AvgIpc) is 2.85. The van der Waals surface area contributed by atoms with E-state index in [2.05, 4.69) is 10.6 Å². The van der Waals surface area contributed by atoms with Crippen molar-refractivity contribution in [1.29, 1.82) is 5.41 Å². The van der Waals surface area contributed by atoms with Gasteiger partial charge >= 0.3 is 0 Å². The molecule has 2 aromatic carbocycles. The van der Waals surface area contributed by atoms with Gasteiger partial charge in [-0.05, 0) is 13.0 Å². The number of nitrogen functional groups attached to an aromatic ring is 1. The first kappa shape index (κ1) is 28.5. The summed E-state index contributed by atoms with van der Waals surface area (Å²) in [5, 5.41) is 12.8. The predicted octanol–water partition coefficient (Wildman–Crippen LogP) is 1.79. The highest BCUT2D eigenvalue weighted by atomic mass is 19.1. The zero-order valence-corrected chi connectivity index (χ0v) is 20.3. The van der Waals surface area contributed by atoms with E-state index in [9.17, 15) is 18.4 Å². The molecule has 0 heterocycles. The first-order valence-electron chi connectivity index (χ1n) is 11.0. The fourth-order valence-corrected chi connectivity index (χ4v) is 3.15. The zero-order valence-electron chi connectivity index (χ0n) is 20.3. The Morgan fingerprint density at radius 1 is 1.11 bits per heavy atom. The molecule has 0 spiro atoms. The van der Waals surface area contributed by atoms with E-state index in [1.165, 1.54) is 26.4 Å². The van der Waals surface area contributed by atoms with E-state index in [1.807, 2.05) is 0 Å². The molecule has 1 unspecified atom stereocenters. The summed E-state index contributed by atoms with van der Waals surface area (Å²) >= 11 is 0. The van der Waals surface area contributed by atoms with Crippen LogP contribution in [0.3, 0.4) is 0 Å². The van der Waals surface area contributed by atoms with E-state index in [0.29, 0.717) is 24.3 Å². The van der Waals surface area contributed by atoms with Crippen molar-refractivity contribution in [2.24, 2.45) is 5.73 Å². The minimum Gasteiger partial charge on any atom is -0.497 e. The molecule has 10 nitrogen and oxygen atoms in total. The second-order valence-corrected chi connectivity index (χ2v) is 7.43. The Morgan fingerprint density at radius 3 is 2.39 bits per heavy atom. The highest BCUT2D eigenvalue weighted by Crippen LogP contribution is 2.29. The Balaban J connectivity index is 2.20. The van der Waals surface area contributed by atoms with E-state index in [1.54, 1.807) is 13.0 Å². The second-order valence-electron chi connectivity index (χ2n) is 7.43. The number of nitrogens with two attached hydrogens (primary N) is 1. The number of hydrogen-bond acceptors (Lipinski definition) is 7. The monoisotopic (exact) mass is 508 g/mol. The average molecular weight is 509 g/mol. The van der Waals surface area contributed by atoms with Crippen molar-refractivity contribution >= 4 is 17.6 Å². The molecule has 36 heavy (non-hydrogen) atoms. The van der Waals surface area contributed by atoms with Crippen LogP contribution in [0.2, 0.25) is 0 Å². The van der Waals surface area contributed by atoms with Gasteiger partial charge in [-0.25, -0.2) is 8.78 Å². The molecule has 0 bridgehead atoms. The summed E-state index contributed by atoms with van der Waals surface area (Å²) in [5.74, 6) is -3.25. The summed E-state index contributed by atoms with van der Waals surface area (Å²) in [7, 11) is 2.77. The lowest BCUT2D eigenvalue weighted by atomic mass is 10.1. The van der Waals surface area contributed by atoms with Crippen molar-refractivity contribution in [1.82, 2.24) is 10.6 Å². The lowest BCUT2D eigenvalue weighted by Gasteiger charge is -2.20. The lowest BCUT2D eigenvalue weighted by molar-refractivity contribution is -0.133. The van der Waals surface area contributed by atoms with Crippen LogP contribution in [0.4, 0.5) is 8.78 Å². The molecule has 1 atom stereocenters. The van der Waals surface area contributed by atoms with Crippen molar-refractivity contribution in [2.75, 3.05) is 40.6 Å². The third-order valence-electron chi connectivity index (χ3n) is 4.94. The molecular weight excluding hydrogens is 478 g/mol. The third-order valence-corrected chi connectivity index (χ3v) is 4.94. The van der Waals surface area contributed by atoms with E-state index in [-0.39, 0.29) is 37.1 Å². The smallest absolute Gasteiger partial charge is 0.258 e. The van der Waals surface area contributed by atoms with Crippen LogP contribution in [0.1, 0.15) is 29.7 Å². The summed E-state index contributed by atoms with van der Waals surface area (Å²) in [6, 6.07) is 6.47. The van der Waals surface area contributed by atoms with Gasteiger partial charge in [-0.1, -0.05) is 12.1 Å². The Morgan fingerprint density at radius 2 is 1.81 bits per heavy atom. The molecule has 2 aromatic rings. The Bertz CT molecular complexity index is 1060. The van der Waals surface area contributed by atoms with Gasteiger partial charge < -0.3 is 35.3 Å². The minimum atomic E-state index is -1.56. The number of benzene rings is 2. The summed E-state index contributed by atoms with van der Waals surface area (Å²) in [5.41, 5.74) is 5.77. The van der Waals surface area contributed by atoms with E-state index >= 15 is 0 Å². The van der Waals surface area contributed by atoms with Gasteiger partial charge in [0.05, 0.1) is 19.3 Å². The van der Waals surface area contributed by atoms with E-state index < -0.39 is 35.1 Å². The van der Waals surface area contributed by atoms with Crippen LogP contribution in [0.15, 0.2) is 30.3 Å². The van der Waals surface area contributed by atoms with Crippen LogP contribution in [0.25, 0.3) is 0 Å². The molecule has 2 amide bonds. The first-order chi connectivity index (χ1) is 17.2. The highest BCUT2D eigenvalue weighted by Gasteiger charge is 2.28. The molecule has 2 rings (SSSR count). The molecule has 0 saturated carbocycles. The predicted molar refractivity (Wildman–Crippen MR) is 127 cm³/mol. The Labute approximate surface area is 207 Å². The number of carbonyl (C=O) groups excluding carboxylic acids is 2. The maximum absolute atomic E-state index is 14.6. The lowest BCUT2D eigenvalue weighted by Crippen LogP contribution is -2.33. The molecular formula is C24H30F2N4O6. The third kappa shape index (κ3) is 7.89. The van der Waals surface area contributed by atoms with Gasteiger partial charge in [0.2, 0.25) is 0 Å². The fourth-order valence-electron chi connectivity index (χ4n) is 3.15. The number of rotatable bonds is 14. The number of methoxy groups -OCH3 is 2. The van der Waals surface area contributed by atoms with E-state index in [4.69, 9.17) is 30.1 Å². The Hall–Kier alpha value is -3.77. The quantitative estimate of drug-likeness (QED) is 0.173. The number of halogens is 2.